The van der Waals surface area contributed by atoms with Crippen molar-refractivity contribution < 1.29 is 4.79 Å². The molecule has 0 aliphatic heterocycles. The molecule has 0 bridgehead atoms. The first kappa shape index (κ1) is 10.2. The second kappa shape index (κ2) is 3.65. The van der Waals surface area contributed by atoms with Crippen molar-refractivity contribution in [3.8, 4) is 0 Å². The second-order valence-corrected chi connectivity index (χ2v) is 4.59. The molecule has 1 unspecified atom stereocenters. The van der Waals surface area contributed by atoms with Crippen LogP contribution in [0.2, 0.25) is 0 Å². The summed E-state index contributed by atoms with van der Waals surface area (Å²) in [5.74, 6) is 0.466. The Morgan fingerprint density at radius 3 is 2.93 bits per heavy atom. The minimum absolute atomic E-state index is 0.167. The average molecular weight is 200 g/mol. The van der Waals surface area contributed by atoms with Gasteiger partial charge in [-0.05, 0) is 37.0 Å². The summed E-state index contributed by atoms with van der Waals surface area (Å²) in [4.78, 5) is 11.8. The number of hydrogen-bond donors (Lipinski definition) is 0. The number of Topliss-reactive ketones (excluding diaryl/α,β-unsaturated/α-hetero) is 1. The largest absolute Gasteiger partial charge is 0.294 e. The number of fused-ring (bicyclic) bond motifs is 1. The highest BCUT2D eigenvalue weighted by Crippen LogP contribution is 2.27. The van der Waals surface area contributed by atoms with Crippen molar-refractivity contribution in [2.45, 2.75) is 26.7 Å². The van der Waals surface area contributed by atoms with Crippen LogP contribution in [0, 0.1) is 5.92 Å². The highest BCUT2D eigenvalue weighted by atomic mass is 16.1. The molecule has 0 fully saturated rings. The Morgan fingerprint density at radius 2 is 2.27 bits per heavy atom. The molecule has 0 saturated heterocycles. The van der Waals surface area contributed by atoms with Crippen LogP contribution in [-0.2, 0) is 12.8 Å². The zero-order valence-corrected chi connectivity index (χ0v) is 9.34. The van der Waals surface area contributed by atoms with Crippen molar-refractivity contribution >= 4 is 5.78 Å². The molecule has 0 heterocycles. The lowest BCUT2D eigenvalue weighted by molar-refractivity contribution is 0.0946. The van der Waals surface area contributed by atoms with E-state index in [1.54, 1.807) is 0 Å². The van der Waals surface area contributed by atoms with Gasteiger partial charge in [0.2, 0.25) is 0 Å². The lowest BCUT2D eigenvalue weighted by Crippen LogP contribution is -2.03. The van der Waals surface area contributed by atoms with Crippen molar-refractivity contribution in [2.75, 3.05) is 0 Å². The fourth-order valence-corrected chi connectivity index (χ4v) is 2.18. The summed E-state index contributed by atoms with van der Waals surface area (Å²) < 4.78 is 0. The predicted octanol–water partition coefficient (Wildman–Crippen LogP) is 3.18. The van der Waals surface area contributed by atoms with E-state index in [1.165, 1.54) is 11.1 Å². The average Bonchev–Trinajstić information content (AvgIpc) is 2.43. The van der Waals surface area contributed by atoms with Crippen LogP contribution in [0.15, 0.2) is 30.4 Å². The second-order valence-electron chi connectivity index (χ2n) is 4.59. The Hall–Kier alpha value is -1.37. The molecule has 0 aromatic heterocycles. The highest BCUT2D eigenvalue weighted by molar-refractivity contribution is 6.02. The topological polar surface area (TPSA) is 17.1 Å². The van der Waals surface area contributed by atoms with Gasteiger partial charge in [0.1, 0.15) is 0 Å². The Bertz CT molecular complexity index is 429. The molecule has 1 atom stereocenters. The third kappa shape index (κ3) is 1.87. The van der Waals surface area contributed by atoms with Crippen LogP contribution in [0.5, 0.6) is 0 Å². The van der Waals surface area contributed by atoms with Gasteiger partial charge in [-0.2, -0.15) is 0 Å². The zero-order valence-electron chi connectivity index (χ0n) is 9.34. The Balaban J connectivity index is 2.35. The molecule has 0 radical (unpaired) electrons. The van der Waals surface area contributed by atoms with Gasteiger partial charge in [0.05, 0.1) is 0 Å². The SMILES string of the molecule is C=C(C)Cc1ccc2c(c1)C(=O)C(C)C2. The summed E-state index contributed by atoms with van der Waals surface area (Å²) in [5.41, 5.74) is 4.47. The van der Waals surface area contributed by atoms with Crippen molar-refractivity contribution in [2.24, 2.45) is 5.92 Å². The number of carbonyl (C=O) groups excluding carboxylic acids is 1. The van der Waals surface area contributed by atoms with E-state index < -0.39 is 0 Å². The van der Waals surface area contributed by atoms with Gasteiger partial charge in [0.25, 0.3) is 0 Å². The van der Waals surface area contributed by atoms with E-state index in [-0.39, 0.29) is 5.92 Å². The molecular formula is C14H16O. The summed E-state index contributed by atoms with van der Waals surface area (Å²) in [6.45, 7) is 7.91. The molecule has 1 aromatic carbocycles. The van der Waals surface area contributed by atoms with Gasteiger partial charge in [-0.25, -0.2) is 0 Å². The third-order valence-electron chi connectivity index (χ3n) is 2.92. The normalized spacial score (nSPS) is 19.1. The molecule has 1 aliphatic rings. The first-order valence-electron chi connectivity index (χ1n) is 5.38. The summed E-state index contributed by atoms with van der Waals surface area (Å²) in [6.07, 6.45) is 1.77. The molecule has 1 nitrogen and oxygen atoms in total. The Morgan fingerprint density at radius 1 is 1.53 bits per heavy atom. The zero-order chi connectivity index (χ0) is 11.0. The minimum atomic E-state index is 0.167. The first-order chi connectivity index (χ1) is 7.08. The quantitative estimate of drug-likeness (QED) is 0.670. The molecule has 1 aliphatic carbocycles. The number of ketones is 1. The molecule has 2 rings (SSSR count). The van der Waals surface area contributed by atoms with Gasteiger partial charge >= 0.3 is 0 Å². The number of allylic oxidation sites excluding steroid dienone is 1. The number of benzene rings is 1. The van der Waals surface area contributed by atoms with Gasteiger partial charge in [-0.3, -0.25) is 4.79 Å². The Labute approximate surface area is 90.8 Å². The molecule has 1 heteroatoms. The number of rotatable bonds is 2. The van der Waals surface area contributed by atoms with Crippen molar-refractivity contribution in [1.29, 1.82) is 0 Å². The van der Waals surface area contributed by atoms with Crippen LogP contribution in [0.4, 0.5) is 0 Å². The molecular weight excluding hydrogens is 184 g/mol. The van der Waals surface area contributed by atoms with Crippen molar-refractivity contribution in [1.82, 2.24) is 0 Å². The molecule has 0 N–H and O–H groups in total. The van der Waals surface area contributed by atoms with Crippen LogP contribution in [0.1, 0.15) is 35.3 Å². The predicted molar refractivity (Wildman–Crippen MR) is 62.2 cm³/mol. The van der Waals surface area contributed by atoms with E-state index in [0.717, 1.165) is 24.0 Å². The van der Waals surface area contributed by atoms with E-state index in [1.807, 2.05) is 19.9 Å². The van der Waals surface area contributed by atoms with Gasteiger partial charge in [0, 0.05) is 11.5 Å². The summed E-state index contributed by atoms with van der Waals surface area (Å²) in [5, 5.41) is 0. The first-order valence-corrected chi connectivity index (χ1v) is 5.38. The van der Waals surface area contributed by atoms with Gasteiger partial charge in [0.15, 0.2) is 5.78 Å². The summed E-state index contributed by atoms with van der Waals surface area (Å²) in [6, 6.07) is 6.24. The maximum absolute atomic E-state index is 11.8. The smallest absolute Gasteiger partial charge is 0.166 e. The molecule has 78 valence electrons. The fourth-order valence-electron chi connectivity index (χ4n) is 2.18. The maximum atomic E-state index is 11.8. The lowest BCUT2D eigenvalue weighted by Gasteiger charge is -2.03. The van der Waals surface area contributed by atoms with Gasteiger partial charge in [-0.15, -0.1) is 0 Å². The number of hydrogen-bond acceptors (Lipinski definition) is 1. The van der Waals surface area contributed by atoms with E-state index >= 15 is 0 Å². The highest BCUT2D eigenvalue weighted by Gasteiger charge is 2.26. The van der Waals surface area contributed by atoms with E-state index in [4.69, 9.17) is 0 Å². The summed E-state index contributed by atoms with van der Waals surface area (Å²) in [7, 11) is 0. The van der Waals surface area contributed by atoms with Crippen LogP contribution in [0.3, 0.4) is 0 Å². The van der Waals surface area contributed by atoms with Gasteiger partial charge < -0.3 is 0 Å². The number of carbonyl (C=O) groups is 1. The monoisotopic (exact) mass is 200 g/mol. The maximum Gasteiger partial charge on any atom is 0.166 e. The molecule has 0 saturated carbocycles. The van der Waals surface area contributed by atoms with Crippen molar-refractivity contribution in [3.05, 3.63) is 47.0 Å². The molecule has 1 aromatic rings. The van der Waals surface area contributed by atoms with Crippen LogP contribution < -0.4 is 0 Å². The molecule has 15 heavy (non-hydrogen) atoms. The van der Waals surface area contributed by atoms with Crippen LogP contribution >= 0.6 is 0 Å². The van der Waals surface area contributed by atoms with Crippen molar-refractivity contribution in [3.63, 3.8) is 0 Å². The standard InChI is InChI=1S/C14H16O/c1-9(2)6-11-4-5-12-7-10(3)14(15)13(12)8-11/h4-5,8,10H,1,6-7H2,2-3H3. The third-order valence-corrected chi connectivity index (χ3v) is 2.92. The fraction of sp³-hybridized carbons (Fsp3) is 0.357. The lowest BCUT2D eigenvalue weighted by atomic mass is 10.0. The molecule has 0 amide bonds. The summed E-state index contributed by atoms with van der Waals surface area (Å²) >= 11 is 0. The minimum Gasteiger partial charge on any atom is -0.294 e. The van der Waals surface area contributed by atoms with Crippen LogP contribution in [0.25, 0.3) is 0 Å². The molecule has 0 spiro atoms. The van der Waals surface area contributed by atoms with Crippen LogP contribution in [-0.4, -0.2) is 5.78 Å². The van der Waals surface area contributed by atoms with E-state index in [0.29, 0.717) is 5.78 Å². The van der Waals surface area contributed by atoms with E-state index in [2.05, 4.69) is 18.7 Å². The van der Waals surface area contributed by atoms with Gasteiger partial charge in [-0.1, -0.05) is 31.2 Å². The van der Waals surface area contributed by atoms with E-state index in [9.17, 15) is 4.79 Å². The Kier molecular flexibility index (Phi) is 2.47.